The number of aryl methyl sites for hydroxylation is 1. The van der Waals surface area contributed by atoms with Crippen molar-refractivity contribution in [3.05, 3.63) is 23.5 Å². The maximum Gasteiger partial charge on any atom is 0.0253 e. The van der Waals surface area contributed by atoms with Crippen LogP contribution in [0.2, 0.25) is 0 Å². The Morgan fingerprint density at radius 1 is 1.50 bits per heavy atom. The summed E-state index contributed by atoms with van der Waals surface area (Å²) in [5, 5.41) is 0. The van der Waals surface area contributed by atoms with Crippen molar-refractivity contribution >= 4 is 0 Å². The van der Waals surface area contributed by atoms with Crippen molar-refractivity contribution in [1.29, 1.82) is 0 Å². The van der Waals surface area contributed by atoms with Crippen molar-refractivity contribution in [3.63, 3.8) is 0 Å². The van der Waals surface area contributed by atoms with Gasteiger partial charge in [0.1, 0.15) is 0 Å². The van der Waals surface area contributed by atoms with Crippen LogP contribution in [0.25, 0.3) is 0 Å². The summed E-state index contributed by atoms with van der Waals surface area (Å²) in [5.74, 6) is 1.92. The van der Waals surface area contributed by atoms with Crippen molar-refractivity contribution in [1.82, 2.24) is 4.57 Å². The molecule has 1 aromatic rings. The highest BCUT2D eigenvalue weighted by atomic mass is 15.0. The number of rotatable bonds is 2. The summed E-state index contributed by atoms with van der Waals surface area (Å²) < 4.78 is 2.39. The van der Waals surface area contributed by atoms with Gasteiger partial charge in [0.15, 0.2) is 0 Å². The Labute approximate surface area is 74.4 Å². The molecule has 0 amide bonds. The lowest BCUT2D eigenvalue weighted by molar-refractivity contribution is 0.584. The fourth-order valence-electron chi connectivity index (χ4n) is 1.76. The SMILES string of the molecule is Cc1ccn(CC2CC2C)c1C. The van der Waals surface area contributed by atoms with Crippen LogP contribution in [0, 0.1) is 25.7 Å². The smallest absolute Gasteiger partial charge is 0.0253 e. The third kappa shape index (κ3) is 1.28. The molecule has 0 radical (unpaired) electrons. The highest BCUT2D eigenvalue weighted by molar-refractivity contribution is 5.19. The summed E-state index contributed by atoms with van der Waals surface area (Å²) >= 11 is 0. The van der Waals surface area contributed by atoms with Crippen molar-refractivity contribution in [2.75, 3.05) is 0 Å². The Balaban J connectivity index is 2.08. The standard InChI is InChI=1S/C11H17N/c1-8-4-5-12(10(8)3)7-11-6-9(11)2/h4-5,9,11H,6-7H2,1-3H3. The molecule has 0 aliphatic heterocycles. The molecule has 1 aliphatic rings. The topological polar surface area (TPSA) is 4.93 Å². The second-order valence-electron chi connectivity index (χ2n) is 4.21. The molecule has 0 aromatic carbocycles. The maximum atomic E-state index is 2.39. The Morgan fingerprint density at radius 3 is 2.58 bits per heavy atom. The molecule has 1 fully saturated rings. The average Bonchev–Trinajstić information content (AvgIpc) is 2.64. The van der Waals surface area contributed by atoms with E-state index < -0.39 is 0 Å². The zero-order chi connectivity index (χ0) is 8.72. The molecule has 1 nitrogen and oxygen atoms in total. The van der Waals surface area contributed by atoms with Crippen LogP contribution in [0.5, 0.6) is 0 Å². The van der Waals surface area contributed by atoms with E-state index in [9.17, 15) is 0 Å². The zero-order valence-corrected chi connectivity index (χ0v) is 8.17. The summed E-state index contributed by atoms with van der Waals surface area (Å²) in [5.41, 5.74) is 2.86. The Bertz CT molecular complexity index is 285. The van der Waals surface area contributed by atoms with E-state index in [4.69, 9.17) is 0 Å². The van der Waals surface area contributed by atoms with E-state index in [0.29, 0.717) is 0 Å². The van der Waals surface area contributed by atoms with Crippen LogP contribution in [0.15, 0.2) is 12.3 Å². The van der Waals surface area contributed by atoms with E-state index in [2.05, 4.69) is 37.6 Å². The van der Waals surface area contributed by atoms with Gasteiger partial charge in [0.05, 0.1) is 0 Å². The molecule has 1 aliphatic carbocycles. The van der Waals surface area contributed by atoms with E-state index >= 15 is 0 Å². The molecular weight excluding hydrogens is 146 g/mol. The van der Waals surface area contributed by atoms with E-state index in [0.717, 1.165) is 11.8 Å². The van der Waals surface area contributed by atoms with Gasteiger partial charge in [-0.3, -0.25) is 0 Å². The molecule has 2 atom stereocenters. The number of aromatic nitrogens is 1. The molecule has 1 heterocycles. The number of hydrogen-bond donors (Lipinski definition) is 0. The molecule has 12 heavy (non-hydrogen) atoms. The first-order valence-electron chi connectivity index (χ1n) is 4.81. The summed E-state index contributed by atoms with van der Waals surface area (Å²) in [4.78, 5) is 0. The van der Waals surface area contributed by atoms with Gasteiger partial charge in [-0.1, -0.05) is 6.92 Å². The average molecular weight is 163 g/mol. The number of hydrogen-bond acceptors (Lipinski definition) is 0. The highest BCUT2D eigenvalue weighted by Crippen LogP contribution is 2.39. The number of nitrogens with zero attached hydrogens (tertiary/aromatic N) is 1. The Hall–Kier alpha value is -0.720. The Morgan fingerprint density at radius 2 is 2.17 bits per heavy atom. The van der Waals surface area contributed by atoms with Gasteiger partial charge in [-0.15, -0.1) is 0 Å². The fourth-order valence-corrected chi connectivity index (χ4v) is 1.76. The van der Waals surface area contributed by atoms with Crippen molar-refractivity contribution in [2.45, 2.75) is 33.7 Å². The van der Waals surface area contributed by atoms with Gasteiger partial charge in [0, 0.05) is 18.4 Å². The van der Waals surface area contributed by atoms with E-state index in [1.165, 1.54) is 24.2 Å². The summed E-state index contributed by atoms with van der Waals surface area (Å²) in [6, 6.07) is 2.21. The van der Waals surface area contributed by atoms with E-state index in [-0.39, 0.29) is 0 Å². The van der Waals surface area contributed by atoms with Gasteiger partial charge in [-0.05, 0) is 43.7 Å². The minimum Gasteiger partial charge on any atom is -0.351 e. The first-order chi connectivity index (χ1) is 5.68. The molecule has 2 rings (SSSR count). The minimum atomic E-state index is 0.954. The molecule has 66 valence electrons. The molecule has 0 saturated heterocycles. The predicted molar refractivity (Wildman–Crippen MR) is 51.2 cm³/mol. The molecule has 0 spiro atoms. The molecule has 1 saturated carbocycles. The van der Waals surface area contributed by atoms with Crippen LogP contribution in [0.4, 0.5) is 0 Å². The lowest BCUT2D eigenvalue weighted by Crippen LogP contribution is -2.01. The highest BCUT2D eigenvalue weighted by Gasteiger charge is 2.32. The molecule has 2 unspecified atom stereocenters. The third-order valence-electron chi connectivity index (χ3n) is 3.21. The molecule has 1 heteroatoms. The van der Waals surface area contributed by atoms with Gasteiger partial charge in [0.25, 0.3) is 0 Å². The minimum absolute atomic E-state index is 0.954. The van der Waals surface area contributed by atoms with Crippen molar-refractivity contribution in [3.8, 4) is 0 Å². The molecule has 0 N–H and O–H groups in total. The normalized spacial score (nSPS) is 27.6. The van der Waals surface area contributed by atoms with Crippen LogP contribution in [0.3, 0.4) is 0 Å². The molecule has 0 bridgehead atoms. The third-order valence-corrected chi connectivity index (χ3v) is 3.21. The van der Waals surface area contributed by atoms with Gasteiger partial charge in [0.2, 0.25) is 0 Å². The van der Waals surface area contributed by atoms with Crippen LogP contribution < -0.4 is 0 Å². The predicted octanol–water partition coefficient (Wildman–Crippen LogP) is 2.76. The lowest BCUT2D eigenvalue weighted by atomic mass is 10.3. The maximum absolute atomic E-state index is 2.39. The van der Waals surface area contributed by atoms with E-state index in [1.54, 1.807) is 0 Å². The monoisotopic (exact) mass is 163 g/mol. The summed E-state index contributed by atoms with van der Waals surface area (Å²) in [7, 11) is 0. The Kier molecular flexibility index (Phi) is 1.75. The van der Waals surface area contributed by atoms with Crippen molar-refractivity contribution in [2.24, 2.45) is 11.8 Å². The second-order valence-corrected chi connectivity index (χ2v) is 4.21. The molecule has 1 aromatic heterocycles. The quantitative estimate of drug-likeness (QED) is 0.631. The second kappa shape index (κ2) is 2.65. The van der Waals surface area contributed by atoms with Gasteiger partial charge < -0.3 is 4.57 Å². The van der Waals surface area contributed by atoms with Crippen LogP contribution in [-0.2, 0) is 6.54 Å². The van der Waals surface area contributed by atoms with Gasteiger partial charge in [-0.25, -0.2) is 0 Å². The first kappa shape index (κ1) is 7.90. The van der Waals surface area contributed by atoms with Gasteiger partial charge in [-0.2, -0.15) is 0 Å². The van der Waals surface area contributed by atoms with Crippen LogP contribution >= 0.6 is 0 Å². The first-order valence-corrected chi connectivity index (χ1v) is 4.81. The van der Waals surface area contributed by atoms with Gasteiger partial charge >= 0.3 is 0 Å². The largest absolute Gasteiger partial charge is 0.351 e. The zero-order valence-electron chi connectivity index (χ0n) is 8.17. The van der Waals surface area contributed by atoms with Crippen LogP contribution in [-0.4, -0.2) is 4.57 Å². The summed E-state index contributed by atoms with van der Waals surface area (Å²) in [6.07, 6.45) is 3.65. The van der Waals surface area contributed by atoms with Crippen LogP contribution in [0.1, 0.15) is 24.6 Å². The lowest BCUT2D eigenvalue weighted by Gasteiger charge is -2.04. The van der Waals surface area contributed by atoms with Crippen molar-refractivity contribution < 1.29 is 0 Å². The molecular formula is C11H17N. The van der Waals surface area contributed by atoms with E-state index in [1.807, 2.05) is 0 Å². The fraction of sp³-hybridized carbons (Fsp3) is 0.636. The summed E-state index contributed by atoms with van der Waals surface area (Å²) in [6.45, 7) is 7.97.